The van der Waals surface area contributed by atoms with Gasteiger partial charge >= 0.3 is 0 Å². The molecular formula is C14H11BrF2O3S. The molecule has 0 aliphatic carbocycles. The zero-order chi connectivity index (χ0) is 15.6. The van der Waals surface area contributed by atoms with E-state index in [4.69, 9.17) is 4.74 Å². The lowest BCUT2D eigenvalue weighted by Gasteiger charge is -2.09. The Morgan fingerprint density at radius 2 is 1.62 bits per heavy atom. The van der Waals surface area contributed by atoms with Crippen molar-refractivity contribution in [1.82, 2.24) is 0 Å². The fourth-order valence-corrected chi connectivity index (χ4v) is 2.61. The monoisotopic (exact) mass is 376 g/mol. The minimum absolute atomic E-state index is 0.102. The Kier molecular flexibility index (Phi) is 4.63. The van der Waals surface area contributed by atoms with E-state index < -0.39 is 27.2 Å². The molecule has 3 nitrogen and oxygen atoms in total. The van der Waals surface area contributed by atoms with Gasteiger partial charge in [-0.1, -0.05) is 15.9 Å². The van der Waals surface area contributed by atoms with Crippen LogP contribution in [0.5, 0.6) is 11.5 Å². The Balaban J connectivity index is 2.31. The first-order valence-electron chi connectivity index (χ1n) is 5.83. The van der Waals surface area contributed by atoms with E-state index in [2.05, 4.69) is 15.9 Å². The third-order valence-electron chi connectivity index (χ3n) is 2.68. The van der Waals surface area contributed by atoms with Crippen molar-refractivity contribution in [3.63, 3.8) is 0 Å². The summed E-state index contributed by atoms with van der Waals surface area (Å²) in [5.74, 6) is -2.02. The fraction of sp³-hybridized carbons (Fsp3) is 0.143. The van der Waals surface area contributed by atoms with Gasteiger partial charge in [-0.2, -0.15) is 0 Å². The Bertz CT molecular complexity index is 735. The Morgan fingerprint density at radius 3 is 2.05 bits per heavy atom. The molecule has 2 rings (SSSR count). The van der Waals surface area contributed by atoms with Crippen LogP contribution in [0.1, 0.15) is 5.56 Å². The summed E-state index contributed by atoms with van der Waals surface area (Å²) >= 11 is 3.11. The number of halogens is 3. The van der Waals surface area contributed by atoms with Gasteiger partial charge in [0.25, 0.3) is 0 Å². The fourth-order valence-electron chi connectivity index (χ4n) is 1.66. The van der Waals surface area contributed by atoms with E-state index in [0.29, 0.717) is 10.9 Å². The van der Waals surface area contributed by atoms with Crippen LogP contribution < -0.4 is 4.74 Å². The highest BCUT2D eigenvalue weighted by atomic mass is 79.9. The molecule has 0 radical (unpaired) electrons. The van der Waals surface area contributed by atoms with Gasteiger partial charge in [-0.05, 0) is 42.0 Å². The van der Waals surface area contributed by atoms with Crippen molar-refractivity contribution < 1.29 is 21.9 Å². The summed E-state index contributed by atoms with van der Waals surface area (Å²) in [7, 11) is -3.33. The second-order valence-electron chi connectivity index (χ2n) is 4.37. The topological polar surface area (TPSA) is 43.4 Å². The SMILES string of the molecule is CS(=O)(=O)c1ccc(Oc2c(F)cc(CBr)cc2F)cc1. The molecule has 0 spiro atoms. The molecule has 2 aromatic rings. The molecule has 0 heterocycles. The highest BCUT2D eigenvalue weighted by Crippen LogP contribution is 2.29. The summed E-state index contributed by atoms with van der Waals surface area (Å²) < 4.78 is 55.3. The molecule has 0 bridgehead atoms. The maximum Gasteiger partial charge on any atom is 0.198 e. The summed E-state index contributed by atoms with van der Waals surface area (Å²) in [5, 5.41) is 0.324. The molecule has 112 valence electrons. The highest BCUT2D eigenvalue weighted by Gasteiger charge is 2.14. The normalized spacial score (nSPS) is 11.4. The molecule has 0 N–H and O–H groups in total. The minimum Gasteiger partial charge on any atom is -0.451 e. The molecule has 0 fully saturated rings. The van der Waals surface area contributed by atoms with Crippen LogP contribution in [-0.4, -0.2) is 14.7 Å². The largest absolute Gasteiger partial charge is 0.451 e. The summed E-state index contributed by atoms with van der Waals surface area (Å²) in [6, 6.07) is 7.64. The van der Waals surface area contributed by atoms with Crippen LogP contribution >= 0.6 is 15.9 Å². The van der Waals surface area contributed by atoms with Crippen LogP contribution in [0, 0.1) is 11.6 Å². The molecule has 0 atom stereocenters. The standard InChI is InChI=1S/C14H11BrF2O3S/c1-21(18,19)11-4-2-10(3-5-11)20-14-12(16)6-9(8-15)7-13(14)17/h2-7H,8H2,1H3. The predicted octanol–water partition coefficient (Wildman–Crippen LogP) is 4.06. The number of rotatable bonds is 4. The van der Waals surface area contributed by atoms with Gasteiger partial charge in [0.15, 0.2) is 27.2 Å². The molecule has 0 aromatic heterocycles. The van der Waals surface area contributed by atoms with Crippen molar-refractivity contribution in [2.24, 2.45) is 0 Å². The van der Waals surface area contributed by atoms with Crippen molar-refractivity contribution >= 4 is 25.8 Å². The van der Waals surface area contributed by atoms with E-state index in [-0.39, 0.29) is 10.6 Å². The molecule has 0 aliphatic heterocycles. The van der Waals surface area contributed by atoms with Crippen LogP contribution in [0.4, 0.5) is 8.78 Å². The third kappa shape index (κ3) is 3.79. The van der Waals surface area contributed by atoms with Gasteiger partial charge in [0.05, 0.1) is 4.90 Å². The lowest BCUT2D eigenvalue weighted by Crippen LogP contribution is -1.98. The molecule has 2 aromatic carbocycles. The van der Waals surface area contributed by atoms with Gasteiger partial charge in [0.1, 0.15) is 5.75 Å². The average molecular weight is 377 g/mol. The Hall–Kier alpha value is -1.47. The molecule has 7 heteroatoms. The Morgan fingerprint density at radius 1 is 1.10 bits per heavy atom. The Labute approximate surface area is 129 Å². The quantitative estimate of drug-likeness (QED) is 0.755. The first-order valence-corrected chi connectivity index (χ1v) is 8.84. The number of ether oxygens (including phenoxy) is 1. The van der Waals surface area contributed by atoms with E-state index >= 15 is 0 Å². The van der Waals surface area contributed by atoms with Crippen molar-refractivity contribution in [1.29, 1.82) is 0 Å². The number of benzene rings is 2. The smallest absolute Gasteiger partial charge is 0.198 e. The van der Waals surface area contributed by atoms with E-state index in [0.717, 1.165) is 18.4 Å². The average Bonchev–Trinajstić information content (AvgIpc) is 2.42. The van der Waals surface area contributed by atoms with E-state index in [1.807, 2.05) is 0 Å². The van der Waals surface area contributed by atoms with Gasteiger partial charge in [0, 0.05) is 11.6 Å². The van der Waals surface area contributed by atoms with Crippen LogP contribution in [-0.2, 0) is 15.2 Å². The van der Waals surface area contributed by atoms with Crippen molar-refractivity contribution in [2.45, 2.75) is 10.2 Å². The molecular weight excluding hydrogens is 366 g/mol. The van der Waals surface area contributed by atoms with E-state index in [1.165, 1.54) is 24.3 Å². The lowest BCUT2D eigenvalue weighted by atomic mass is 10.2. The first kappa shape index (κ1) is 15.9. The second kappa shape index (κ2) is 6.11. The maximum absolute atomic E-state index is 13.8. The first-order chi connectivity index (χ1) is 9.81. The number of hydrogen-bond acceptors (Lipinski definition) is 3. The maximum atomic E-state index is 13.8. The van der Waals surface area contributed by atoms with Gasteiger partial charge in [0.2, 0.25) is 0 Å². The molecule has 0 saturated carbocycles. The van der Waals surface area contributed by atoms with Crippen LogP contribution in [0.15, 0.2) is 41.3 Å². The molecule has 0 saturated heterocycles. The van der Waals surface area contributed by atoms with E-state index in [1.54, 1.807) is 0 Å². The second-order valence-corrected chi connectivity index (χ2v) is 6.94. The molecule has 0 unspecified atom stereocenters. The summed E-state index contributed by atoms with van der Waals surface area (Å²) in [4.78, 5) is 0.102. The van der Waals surface area contributed by atoms with E-state index in [9.17, 15) is 17.2 Å². The highest BCUT2D eigenvalue weighted by molar-refractivity contribution is 9.08. The summed E-state index contributed by atoms with van der Waals surface area (Å²) in [5.41, 5.74) is 0.449. The van der Waals surface area contributed by atoms with Gasteiger partial charge in [-0.25, -0.2) is 17.2 Å². The van der Waals surface area contributed by atoms with Gasteiger partial charge < -0.3 is 4.74 Å². The summed E-state index contributed by atoms with van der Waals surface area (Å²) in [6.45, 7) is 0. The number of hydrogen-bond donors (Lipinski definition) is 0. The number of sulfone groups is 1. The van der Waals surface area contributed by atoms with Crippen LogP contribution in [0.25, 0.3) is 0 Å². The molecule has 0 aliphatic rings. The molecule has 0 amide bonds. The minimum atomic E-state index is -3.33. The van der Waals surface area contributed by atoms with Crippen molar-refractivity contribution in [3.05, 3.63) is 53.6 Å². The number of alkyl halides is 1. The van der Waals surface area contributed by atoms with Gasteiger partial charge in [-0.3, -0.25) is 0 Å². The van der Waals surface area contributed by atoms with Gasteiger partial charge in [-0.15, -0.1) is 0 Å². The lowest BCUT2D eigenvalue weighted by molar-refractivity contribution is 0.406. The van der Waals surface area contributed by atoms with Crippen molar-refractivity contribution in [3.8, 4) is 11.5 Å². The summed E-state index contributed by atoms with van der Waals surface area (Å²) in [6.07, 6.45) is 1.07. The van der Waals surface area contributed by atoms with Crippen molar-refractivity contribution in [2.75, 3.05) is 6.26 Å². The predicted molar refractivity (Wildman–Crippen MR) is 78.6 cm³/mol. The van der Waals surface area contributed by atoms with Crippen LogP contribution in [0.3, 0.4) is 0 Å². The zero-order valence-electron chi connectivity index (χ0n) is 10.9. The zero-order valence-corrected chi connectivity index (χ0v) is 13.3. The molecule has 21 heavy (non-hydrogen) atoms. The van der Waals surface area contributed by atoms with Crippen LogP contribution in [0.2, 0.25) is 0 Å². The third-order valence-corrected chi connectivity index (χ3v) is 4.46.